The fourth-order valence-electron chi connectivity index (χ4n) is 2.74. The maximum atomic E-state index is 11.4. The van der Waals surface area contributed by atoms with Crippen LogP contribution in [0.15, 0.2) is 0 Å². The average Bonchev–Trinajstić information content (AvgIpc) is 2.52. The second-order valence-electron chi connectivity index (χ2n) is 5.04. The molecule has 0 aromatic heterocycles. The molecule has 4 unspecified atom stereocenters. The average molecular weight is 263 g/mol. The Balaban J connectivity index is 1.96. The third-order valence-corrected chi connectivity index (χ3v) is 5.38. The first-order valence-electron chi connectivity index (χ1n) is 6.23. The highest BCUT2D eigenvalue weighted by atomic mass is 32.2. The van der Waals surface area contributed by atoms with E-state index >= 15 is 0 Å². The molecule has 1 heterocycles. The van der Waals surface area contributed by atoms with Gasteiger partial charge < -0.3 is 15.2 Å². The molecular formula is C11H21NO4S. The summed E-state index contributed by atoms with van der Waals surface area (Å²) in [6.07, 6.45) is 2.90. The molecule has 17 heavy (non-hydrogen) atoms. The van der Waals surface area contributed by atoms with Crippen molar-refractivity contribution in [3.05, 3.63) is 0 Å². The molecule has 2 aliphatic rings. The number of ether oxygens (including phenoxy) is 1. The highest BCUT2D eigenvalue weighted by molar-refractivity contribution is 7.91. The fourth-order valence-corrected chi connectivity index (χ4v) is 4.41. The minimum absolute atomic E-state index is 0.0294. The van der Waals surface area contributed by atoms with Gasteiger partial charge in [0.2, 0.25) is 0 Å². The van der Waals surface area contributed by atoms with Gasteiger partial charge in [0, 0.05) is 6.04 Å². The smallest absolute Gasteiger partial charge is 0.155 e. The lowest BCUT2D eigenvalue weighted by molar-refractivity contribution is -0.0757. The van der Waals surface area contributed by atoms with Crippen molar-refractivity contribution < 1.29 is 18.3 Å². The number of likely N-dealkylation sites (N-methyl/N-ethyl adjacent to an activating group) is 1. The van der Waals surface area contributed by atoms with Gasteiger partial charge in [0.1, 0.15) is 0 Å². The van der Waals surface area contributed by atoms with E-state index in [2.05, 4.69) is 5.32 Å². The lowest BCUT2D eigenvalue weighted by atomic mass is 9.92. The van der Waals surface area contributed by atoms with Gasteiger partial charge in [-0.1, -0.05) is 12.8 Å². The normalized spacial score (nSPS) is 41.5. The molecule has 0 amide bonds. The molecule has 2 rings (SSSR count). The quantitative estimate of drug-likeness (QED) is 0.730. The predicted molar refractivity (Wildman–Crippen MR) is 64.6 cm³/mol. The summed E-state index contributed by atoms with van der Waals surface area (Å²) in [7, 11) is -1.22. The van der Waals surface area contributed by atoms with Gasteiger partial charge >= 0.3 is 0 Å². The summed E-state index contributed by atoms with van der Waals surface area (Å²) in [5, 5.41) is 12.9. The van der Waals surface area contributed by atoms with Gasteiger partial charge in [-0.25, -0.2) is 8.42 Å². The molecule has 1 saturated heterocycles. The fraction of sp³-hybridized carbons (Fsp3) is 1.00. The van der Waals surface area contributed by atoms with Crippen molar-refractivity contribution >= 4 is 9.84 Å². The highest BCUT2D eigenvalue weighted by Gasteiger charge is 2.40. The Hall–Kier alpha value is -0.170. The first-order chi connectivity index (χ1) is 8.02. The van der Waals surface area contributed by atoms with Crippen LogP contribution in [0.25, 0.3) is 0 Å². The molecule has 1 saturated carbocycles. The number of rotatable bonds is 3. The number of hydrogen-bond acceptors (Lipinski definition) is 5. The molecule has 2 fully saturated rings. The lowest BCUT2D eigenvalue weighted by Crippen LogP contribution is -2.45. The largest absolute Gasteiger partial charge is 0.389 e. The molecule has 0 aromatic carbocycles. The molecule has 0 bridgehead atoms. The zero-order valence-electron chi connectivity index (χ0n) is 10.1. The van der Waals surface area contributed by atoms with E-state index in [1.807, 2.05) is 7.05 Å². The van der Waals surface area contributed by atoms with Crippen molar-refractivity contribution in [2.75, 3.05) is 18.6 Å². The van der Waals surface area contributed by atoms with Crippen LogP contribution >= 0.6 is 0 Å². The molecule has 0 radical (unpaired) electrons. The second kappa shape index (κ2) is 5.22. The van der Waals surface area contributed by atoms with Gasteiger partial charge in [-0.05, 0) is 19.9 Å². The van der Waals surface area contributed by atoms with Crippen LogP contribution in [0, 0.1) is 0 Å². The summed E-state index contributed by atoms with van der Waals surface area (Å²) in [6, 6.07) is 0.277. The van der Waals surface area contributed by atoms with E-state index in [1.165, 1.54) is 6.42 Å². The van der Waals surface area contributed by atoms with Gasteiger partial charge in [0.05, 0.1) is 29.8 Å². The molecule has 2 N–H and O–H groups in total. The van der Waals surface area contributed by atoms with E-state index in [9.17, 15) is 13.5 Å². The van der Waals surface area contributed by atoms with Crippen LogP contribution < -0.4 is 5.32 Å². The zero-order valence-corrected chi connectivity index (χ0v) is 10.9. The van der Waals surface area contributed by atoms with Crippen molar-refractivity contribution in [2.24, 2.45) is 0 Å². The summed E-state index contributed by atoms with van der Waals surface area (Å²) in [5.41, 5.74) is 0. The Morgan fingerprint density at radius 1 is 1.18 bits per heavy atom. The Kier molecular flexibility index (Phi) is 4.07. The van der Waals surface area contributed by atoms with Gasteiger partial charge in [0.25, 0.3) is 0 Å². The maximum absolute atomic E-state index is 11.4. The topological polar surface area (TPSA) is 75.6 Å². The molecule has 0 aromatic rings. The number of hydrogen-bond donors (Lipinski definition) is 2. The molecule has 1 aliphatic carbocycles. The van der Waals surface area contributed by atoms with E-state index in [1.54, 1.807) is 0 Å². The minimum Gasteiger partial charge on any atom is -0.389 e. The van der Waals surface area contributed by atoms with Crippen molar-refractivity contribution in [1.29, 1.82) is 0 Å². The van der Waals surface area contributed by atoms with Gasteiger partial charge in [-0.15, -0.1) is 0 Å². The van der Waals surface area contributed by atoms with Gasteiger partial charge in [-0.3, -0.25) is 0 Å². The molecule has 5 nitrogen and oxygen atoms in total. The van der Waals surface area contributed by atoms with E-state index in [0.29, 0.717) is 0 Å². The van der Waals surface area contributed by atoms with Crippen molar-refractivity contribution in [3.63, 3.8) is 0 Å². The summed E-state index contributed by atoms with van der Waals surface area (Å²) >= 11 is 0. The van der Waals surface area contributed by atoms with Crippen molar-refractivity contribution in [1.82, 2.24) is 5.32 Å². The lowest BCUT2D eigenvalue weighted by Gasteiger charge is -2.33. The Morgan fingerprint density at radius 3 is 2.47 bits per heavy atom. The third-order valence-electron chi connectivity index (χ3n) is 3.69. The predicted octanol–water partition coefficient (Wildman–Crippen LogP) is -0.308. The minimum atomic E-state index is -3.12. The number of sulfone groups is 1. The van der Waals surface area contributed by atoms with Crippen LogP contribution in [0.2, 0.25) is 0 Å². The number of nitrogens with one attached hydrogen (secondary N) is 1. The number of aliphatic hydroxyl groups excluding tert-OH is 1. The van der Waals surface area contributed by atoms with Crippen molar-refractivity contribution in [3.8, 4) is 0 Å². The summed E-state index contributed by atoms with van der Waals surface area (Å²) in [4.78, 5) is 0. The van der Waals surface area contributed by atoms with Crippen LogP contribution in [0.5, 0.6) is 0 Å². The Bertz CT molecular complexity index is 356. The molecule has 1 aliphatic heterocycles. The summed E-state index contributed by atoms with van der Waals surface area (Å²) in [6.45, 7) is 0. The van der Waals surface area contributed by atoms with Crippen LogP contribution in [0.1, 0.15) is 25.7 Å². The highest BCUT2D eigenvalue weighted by Crippen LogP contribution is 2.25. The van der Waals surface area contributed by atoms with E-state index in [0.717, 1.165) is 19.3 Å². The zero-order chi connectivity index (χ0) is 12.5. The summed E-state index contributed by atoms with van der Waals surface area (Å²) < 4.78 is 28.6. The molecule has 6 heteroatoms. The third kappa shape index (κ3) is 3.19. The standard InChI is InChI=1S/C11H21NO4S/c1-12-8-4-2-3-5-10(8)16-11-7-17(14,15)6-9(11)13/h8-13H,2-7H2,1H3. The SMILES string of the molecule is CNC1CCCCC1OC1CS(=O)(=O)CC1O. The van der Waals surface area contributed by atoms with E-state index in [4.69, 9.17) is 4.74 Å². The second-order valence-corrected chi connectivity index (χ2v) is 7.19. The maximum Gasteiger partial charge on any atom is 0.155 e. The van der Waals surface area contributed by atoms with Crippen LogP contribution in [0.3, 0.4) is 0 Å². The first-order valence-corrected chi connectivity index (χ1v) is 8.05. The monoisotopic (exact) mass is 263 g/mol. The van der Waals surface area contributed by atoms with Crippen LogP contribution in [-0.2, 0) is 14.6 Å². The van der Waals surface area contributed by atoms with Crippen LogP contribution in [0.4, 0.5) is 0 Å². The number of aliphatic hydroxyl groups is 1. The summed E-state index contributed by atoms with van der Waals surface area (Å²) in [5.74, 6) is -0.199. The van der Waals surface area contributed by atoms with Crippen molar-refractivity contribution in [2.45, 2.75) is 50.0 Å². The Labute approximate surface area is 102 Å². The van der Waals surface area contributed by atoms with Crippen LogP contribution in [-0.4, -0.2) is 56.4 Å². The molecule has 100 valence electrons. The van der Waals surface area contributed by atoms with Gasteiger partial charge in [0.15, 0.2) is 9.84 Å². The molecule has 0 spiro atoms. The molecular weight excluding hydrogens is 242 g/mol. The first kappa shape index (κ1) is 13.3. The van der Waals surface area contributed by atoms with E-state index < -0.39 is 22.0 Å². The Morgan fingerprint density at radius 2 is 1.88 bits per heavy atom. The van der Waals surface area contributed by atoms with E-state index in [-0.39, 0.29) is 23.7 Å². The molecule has 4 atom stereocenters. The van der Waals surface area contributed by atoms with Gasteiger partial charge in [-0.2, -0.15) is 0 Å².